The van der Waals surface area contributed by atoms with Gasteiger partial charge in [0.05, 0.1) is 0 Å². The molecule has 0 aliphatic heterocycles. The third kappa shape index (κ3) is 49.2. The van der Waals surface area contributed by atoms with Crippen LogP contribution in [0.15, 0.2) is 97.2 Å². The van der Waals surface area contributed by atoms with E-state index in [9.17, 15) is 14.4 Å². The van der Waals surface area contributed by atoms with Gasteiger partial charge in [-0.3, -0.25) is 14.4 Å². The van der Waals surface area contributed by atoms with Gasteiger partial charge in [0, 0.05) is 19.3 Å². The summed E-state index contributed by atoms with van der Waals surface area (Å²) in [5.41, 5.74) is 0. The average molecular weight is 875 g/mol. The van der Waals surface area contributed by atoms with Crippen molar-refractivity contribution in [3.63, 3.8) is 0 Å². The smallest absolute Gasteiger partial charge is 0.306 e. The van der Waals surface area contributed by atoms with Crippen molar-refractivity contribution in [2.75, 3.05) is 13.2 Å². The Labute approximate surface area is 387 Å². The van der Waals surface area contributed by atoms with Crippen molar-refractivity contribution < 1.29 is 28.6 Å². The van der Waals surface area contributed by atoms with Gasteiger partial charge in [-0.2, -0.15) is 0 Å². The van der Waals surface area contributed by atoms with Gasteiger partial charge in [0.15, 0.2) is 6.10 Å². The SMILES string of the molecule is CC/C=C\C/C=C\C/C=C\C/C=C\C/C=C\CCC(=O)OC(COC(=O)CCCCCCC\C=C/C=C\C=C/CCCCCCC)COC(=O)CCCCCCCCCCCCC. The maximum atomic E-state index is 12.8. The normalized spacial score (nSPS) is 12.9. The van der Waals surface area contributed by atoms with Gasteiger partial charge in [-0.25, -0.2) is 0 Å². The monoisotopic (exact) mass is 875 g/mol. The Bertz CT molecular complexity index is 1280. The highest BCUT2D eigenvalue weighted by Crippen LogP contribution is 2.13. The van der Waals surface area contributed by atoms with Crippen molar-refractivity contribution in [2.24, 2.45) is 0 Å². The fourth-order valence-electron chi connectivity index (χ4n) is 6.79. The van der Waals surface area contributed by atoms with E-state index in [1.165, 1.54) is 83.5 Å². The van der Waals surface area contributed by atoms with Gasteiger partial charge in [0.1, 0.15) is 13.2 Å². The summed E-state index contributed by atoms with van der Waals surface area (Å²) in [6, 6.07) is 0. The molecule has 0 rings (SSSR count). The van der Waals surface area contributed by atoms with Crippen molar-refractivity contribution in [3.05, 3.63) is 97.2 Å². The molecule has 63 heavy (non-hydrogen) atoms. The summed E-state index contributed by atoms with van der Waals surface area (Å²) in [4.78, 5) is 37.9. The van der Waals surface area contributed by atoms with Gasteiger partial charge in [0.25, 0.3) is 0 Å². The molecule has 0 bridgehead atoms. The Balaban J connectivity index is 4.52. The number of unbranched alkanes of at least 4 members (excludes halogenated alkanes) is 20. The second-order valence-corrected chi connectivity index (χ2v) is 16.8. The molecule has 1 atom stereocenters. The highest BCUT2D eigenvalue weighted by molar-refractivity contribution is 5.71. The average Bonchev–Trinajstić information content (AvgIpc) is 3.28. The molecule has 6 heteroatoms. The molecule has 0 saturated heterocycles. The number of ether oxygens (including phenoxy) is 3. The number of allylic oxidation sites excluding steroid dienone is 16. The molecular weight excluding hydrogens is 781 g/mol. The summed E-state index contributed by atoms with van der Waals surface area (Å²) in [7, 11) is 0. The van der Waals surface area contributed by atoms with Crippen LogP contribution in [0.25, 0.3) is 0 Å². The van der Waals surface area contributed by atoms with Crippen LogP contribution in [0, 0.1) is 0 Å². The highest BCUT2D eigenvalue weighted by Gasteiger charge is 2.19. The van der Waals surface area contributed by atoms with Crippen LogP contribution in [-0.2, 0) is 28.6 Å². The number of hydrogen-bond acceptors (Lipinski definition) is 6. The Kier molecular flexibility index (Phi) is 48.0. The minimum absolute atomic E-state index is 0.113. The standard InChI is InChI=1S/C57H94O6/c1-4-7-10-13-16-19-22-24-26-28-29-31-32-35-38-41-44-47-50-56(59)62-53-54(52-61-55(58)49-46-43-40-37-34-21-18-15-12-9-6-3)63-57(60)51-48-45-42-39-36-33-30-27-25-23-20-17-14-11-8-5-2/h8,11,17,20,22,24-29,31,33,36,42,45,54H,4-7,9-10,12-16,18-19,21,23,30,32,34-35,37-41,43-44,46-53H2,1-3H3/b11-8-,20-17-,24-22-,27-25-,28-26-,31-29-,36-33-,45-42-. The van der Waals surface area contributed by atoms with Crippen LogP contribution in [-0.4, -0.2) is 37.2 Å². The minimum atomic E-state index is -0.824. The number of rotatable bonds is 45. The molecule has 0 saturated carbocycles. The molecule has 0 spiro atoms. The highest BCUT2D eigenvalue weighted by atomic mass is 16.6. The summed E-state index contributed by atoms with van der Waals surface area (Å²) in [5, 5.41) is 0. The van der Waals surface area contributed by atoms with Crippen LogP contribution < -0.4 is 0 Å². The molecule has 0 radical (unpaired) electrons. The minimum Gasteiger partial charge on any atom is -0.462 e. The predicted octanol–water partition coefficient (Wildman–Crippen LogP) is 17.0. The lowest BCUT2D eigenvalue weighted by Gasteiger charge is -2.18. The van der Waals surface area contributed by atoms with E-state index >= 15 is 0 Å². The first kappa shape index (κ1) is 59.3. The first-order valence-corrected chi connectivity index (χ1v) is 25.8. The van der Waals surface area contributed by atoms with Crippen molar-refractivity contribution in [1.29, 1.82) is 0 Å². The van der Waals surface area contributed by atoms with Crippen LogP contribution in [0.3, 0.4) is 0 Å². The van der Waals surface area contributed by atoms with Gasteiger partial charge >= 0.3 is 17.9 Å². The summed E-state index contributed by atoms with van der Waals surface area (Å²) in [6.45, 7) is 6.41. The van der Waals surface area contributed by atoms with E-state index < -0.39 is 12.1 Å². The van der Waals surface area contributed by atoms with Crippen molar-refractivity contribution >= 4 is 17.9 Å². The lowest BCUT2D eigenvalue weighted by atomic mass is 10.1. The predicted molar refractivity (Wildman–Crippen MR) is 270 cm³/mol. The first-order chi connectivity index (χ1) is 31.0. The fraction of sp³-hybridized carbons (Fsp3) is 0.667. The zero-order valence-corrected chi connectivity index (χ0v) is 40.8. The van der Waals surface area contributed by atoms with Gasteiger partial charge in [-0.1, -0.05) is 227 Å². The van der Waals surface area contributed by atoms with Gasteiger partial charge < -0.3 is 14.2 Å². The number of carbonyl (C=O) groups excluding carboxylic acids is 3. The molecule has 0 aliphatic rings. The molecule has 0 amide bonds. The van der Waals surface area contributed by atoms with Crippen LogP contribution in [0.4, 0.5) is 0 Å². The van der Waals surface area contributed by atoms with E-state index in [-0.39, 0.29) is 31.6 Å². The molecule has 0 N–H and O–H groups in total. The Morgan fingerprint density at radius 1 is 0.349 bits per heavy atom. The summed E-state index contributed by atoms with van der Waals surface area (Å²) in [5.74, 6) is -1.02. The largest absolute Gasteiger partial charge is 0.462 e. The Morgan fingerprint density at radius 2 is 0.714 bits per heavy atom. The third-order valence-electron chi connectivity index (χ3n) is 10.6. The molecule has 6 nitrogen and oxygen atoms in total. The number of carbonyl (C=O) groups is 3. The van der Waals surface area contributed by atoms with Crippen molar-refractivity contribution in [1.82, 2.24) is 0 Å². The molecule has 0 aromatic heterocycles. The Morgan fingerprint density at radius 3 is 1.13 bits per heavy atom. The maximum absolute atomic E-state index is 12.8. The van der Waals surface area contributed by atoms with E-state index in [2.05, 4.69) is 106 Å². The third-order valence-corrected chi connectivity index (χ3v) is 10.6. The van der Waals surface area contributed by atoms with Crippen LogP contribution in [0.5, 0.6) is 0 Å². The molecule has 0 fully saturated rings. The topological polar surface area (TPSA) is 78.9 Å². The summed E-state index contributed by atoms with van der Waals surface area (Å²) >= 11 is 0. The van der Waals surface area contributed by atoms with E-state index in [0.29, 0.717) is 19.3 Å². The van der Waals surface area contributed by atoms with Crippen molar-refractivity contribution in [2.45, 2.75) is 232 Å². The molecule has 0 aromatic carbocycles. The molecule has 0 aliphatic carbocycles. The van der Waals surface area contributed by atoms with Crippen molar-refractivity contribution in [3.8, 4) is 0 Å². The second kappa shape index (κ2) is 51.0. The number of esters is 3. The first-order valence-electron chi connectivity index (χ1n) is 25.8. The number of hydrogen-bond donors (Lipinski definition) is 0. The zero-order valence-electron chi connectivity index (χ0n) is 40.8. The lowest BCUT2D eigenvalue weighted by Crippen LogP contribution is -2.30. The fourth-order valence-corrected chi connectivity index (χ4v) is 6.79. The summed E-state index contributed by atoms with van der Waals surface area (Å²) < 4.78 is 16.7. The van der Waals surface area contributed by atoms with E-state index in [4.69, 9.17) is 14.2 Å². The van der Waals surface area contributed by atoms with Gasteiger partial charge in [-0.15, -0.1) is 0 Å². The second-order valence-electron chi connectivity index (χ2n) is 16.8. The summed E-state index contributed by atoms with van der Waals surface area (Å²) in [6.07, 6.45) is 66.8. The Hall–Kier alpha value is -3.67. The van der Waals surface area contributed by atoms with Crippen LogP contribution >= 0.6 is 0 Å². The molecular formula is C57H94O6. The van der Waals surface area contributed by atoms with Gasteiger partial charge in [-0.05, 0) is 77.0 Å². The molecule has 0 heterocycles. The quantitative estimate of drug-likeness (QED) is 0.0199. The van der Waals surface area contributed by atoms with Gasteiger partial charge in [0.2, 0.25) is 0 Å². The lowest BCUT2D eigenvalue weighted by molar-refractivity contribution is -0.166. The van der Waals surface area contributed by atoms with E-state index in [1.807, 2.05) is 12.2 Å². The van der Waals surface area contributed by atoms with Crippen LogP contribution in [0.1, 0.15) is 226 Å². The molecule has 0 aromatic rings. The molecule has 1 unspecified atom stereocenters. The van der Waals surface area contributed by atoms with E-state index in [0.717, 1.165) is 96.3 Å². The zero-order chi connectivity index (χ0) is 45.8. The molecule has 358 valence electrons. The van der Waals surface area contributed by atoms with E-state index in [1.54, 1.807) is 0 Å². The van der Waals surface area contributed by atoms with Crippen LogP contribution in [0.2, 0.25) is 0 Å². The maximum Gasteiger partial charge on any atom is 0.306 e.